The summed E-state index contributed by atoms with van der Waals surface area (Å²) >= 11 is 0. The Morgan fingerprint density at radius 1 is 0.395 bits per heavy atom. The summed E-state index contributed by atoms with van der Waals surface area (Å²) < 4.78 is 0. The third-order valence-corrected chi connectivity index (χ3v) is 6.48. The molecular weight excluding hydrogens is 466 g/mol. The molecule has 3 heterocycles. The van der Waals surface area contributed by atoms with Gasteiger partial charge in [-0.3, -0.25) is 19.7 Å². The average Bonchev–Trinajstić information content (AvgIpc) is 3.02. The minimum Gasteiger partial charge on any atom is -0.289 e. The molecule has 0 spiro atoms. The quantitative estimate of drug-likeness (QED) is 0.224. The fourth-order valence-corrected chi connectivity index (χ4v) is 4.58. The Kier molecular flexibility index (Phi) is 6.35. The Morgan fingerprint density at radius 3 is 1.13 bits per heavy atom. The smallest absolute Gasteiger partial charge is 0.193 e. The summed E-state index contributed by atoms with van der Waals surface area (Å²) in [5, 5.41) is 0. The van der Waals surface area contributed by atoms with E-state index >= 15 is 0 Å². The van der Waals surface area contributed by atoms with Crippen LogP contribution < -0.4 is 0 Å². The molecule has 0 atom stereocenters. The van der Waals surface area contributed by atoms with Crippen LogP contribution in [0.1, 0.15) is 15.9 Å². The summed E-state index contributed by atoms with van der Waals surface area (Å²) in [6.07, 6.45) is 10.7. The third-order valence-electron chi connectivity index (χ3n) is 6.48. The zero-order valence-corrected chi connectivity index (χ0v) is 20.5. The topological polar surface area (TPSA) is 55.7 Å². The van der Waals surface area contributed by atoms with E-state index in [1.54, 1.807) is 18.6 Å². The van der Waals surface area contributed by atoms with Gasteiger partial charge >= 0.3 is 0 Å². The number of ketones is 1. The molecule has 38 heavy (non-hydrogen) atoms. The molecule has 0 aliphatic heterocycles. The maximum Gasteiger partial charge on any atom is 0.193 e. The first-order valence-corrected chi connectivity index (χ1v) is 12.4. The fraction of sp³-hybridized carbons (Fsp3) is 0. The van der Waals surface area contributed by atoms with Crippen molar-refractivity contribution in [2.24, 2.45) is 0 Å². The largest absolute Gasteiger partial charge is 0.289 e. The van der Waals surface area contributed by atoms with E-state index in [1.807, 2.05) is 97.5 Å². The summed E-state index contributed by atoms with van der Waals surface area (Å²) in [5.74, 6) is -0.0520. The predicted octanol–water partition coefficient (Wildman–Crippen LogP) is 7.77. The lowest BCUT2D eigenvalue weighted by Crippen LogP contribution is -2.03. The molecule has 0 saturated carbocycles. The first kappa shape index (κ1) is 23.2. The number of rotatable bonds is 6. The number of carbonyl (C=O) groups excluding carboxylic acids is 1. The van der Waals surface area contributed by atoms with E-state index < -0.39 is 0 Å². The minimum absolute atomic E-state index is 0.0520. The number of hydrogen-bond donors (Lipinski definition) is 0. The fourth-order valence-electron chi connectivity index (χ4n) is 4.58. The van der Waals surface area contributed by atoms with Crippen molar-refractivity contribution in [2.75, 3.05) is 0 Å². The molecule has 0 aliphatic carbocycles. The molecule has 3 aromatic carbocycles. The van der Waals surface area contributed by atoms with Crippen LogP contribution in [0.25, 0.3) is 44.5 Å². The monoisotopic (exact) mass is 489 g/mol. The van der Waals surface area contributed by atoms with E-state index in [1.165, 1.54) is 0 Å². The second kappa shape index (κ2) is 10.4. The molecular formula is C34H23N3O. The zero-order valence-electron chi connectivity index (χ0n) is 20.5. The lowest BCUT2D eigenvalue weighted by atomic mass is 9.91. The molecule has 180 valence electrons. The van der Waals surface area contributed by atoms with Gasteiger partial charge in [-0.25, -0.2) is 0 Å². The molecule has 3 aromatic heterocycles. The van der Waals surface area contributed by atoms with Crippen molar-refractivity contribution in [3.05, 3.63) is 151 Å². The van der Waals surface area contributed by atoms with Crippen LogP contribution in [0, 0.1) is 0 Å². The Balaban J connectivity index is 1.51. The number of nitrogens with zero attached hydrogens (tertiary/aromatic N) is 3. The molecule has 4 heteroatoms. The van der Waals surface area contributed by atoms with Crippen molar-refractivity contribution in [3.8, 4) is 44.5 Å². The Morgan fingerprint density at radius 2 is 0.763 bits per heavy atom. The standard InChI is InChI=1S/C34H23N3O/c38-34(32-17-28(24-7-2-1-3-8-24)15-29(18-32)25-9-4-12-35-21-25)33-19-30(26-10-5-13-36-22-26)16-31(20-33)27-11-6-14-37-23-27/h1-23H. The number of aromatic nitrogens is 3. The molecule has 6 aromatic rings. The van der Waals surface area contributed by atoms with Crippen LogP contribution in [0.15, 0.2) is 140 Å². The highest BCUT2D eigenvalue weighted by Crippen LogP contribution is 2.32. The van der Waals surface area contributed by atoms with Gasteiger partial charge in [-0.05, 0) is 82.4 Å². The molecule has 4 nitrogen and oxygen atoms in total. The molecule has 0 radical (unpaired) electrons. The van der Waals surface area contributed by atoms with Crippen LogP contribution in [0.3, 0.4) is 0 Å². The van der Waals surface area contributed by atoms with Crippen molar-refractivity contribution in [1.82, 2.24) is 15.0 Å². The highest BCUT2D eigenvalue weighted by molar-refractivity contribution is 6.11. The third kappa shape index (κ3) is 4.88. The maximum absolute atomic E-state index is 14.1. The van der Waals surface area contributed by atoms with E-state index in [-0.39, 0.29) is 5.78 Å². The Hall–Kier alpha value is -5.22. The number of carbonyl (C=O) groups is 1. The van der Waals surface area contributed by atoms with E-state index in [9.17, 15) is 4.79 Å². The van der Waals surface area contributed by atoms with Gasteiger partial charge in [-0.1, -0.05) is 48.5 Å². The van der Waals surface area contributed by atoms with Crippen LogP contribution >= 0.6 is 0 Å². The van der Waals surface area contributed by atoms with E-state index in [0.29, 0.717) is 11.1 Å². The maximum atomic E-state index is 14.1. The van der Waals surface area contributed by atoms with Gasteiger partial charge in [0.25, 0.3) is 0 Å². The summed E-state index contributed by atoms with van der Waals surface area (Å²) in [6, 6.07) is 33.8. The van der Waals surface area contributed by atoms with Crippen LogP contribution in [0.5, 0.6) is 0 Å². The Bertz CT molecular complexity index is 1460. The molecule has 0 unspecified atom stereocenters. The second-order valence-corrected chi connectivity index (χ2v) is 9.02. The average molecular weight is 490 g/mol. The summed E-state index contributed by atoms with van der Waals surface area (Å²) in [6.45, 7) is 0. The van der Waals surface area contributed by atoms with E-state index in [0.717, 1.165) is 44.5 Å². The van der Waals surface area contributed by atoms with Gasteiger partial charge in [0.15, 0.2) is 5.78 Å². The highest BCUT2D eigenvalue weighted by atomic mass is 16.1. The summed E-state index contributed by atoms with van der Waals surface area (Å²) in [7, 11) is 0. The van der Waals surface area contributed by atoms with Gasteiger partial charge in [-0.15, -0.1) is 0 Å². The molecule has 0 bridgehead atoms. The lowest BCUT2D eigenvalue weighted by Gasteiger charge is -2.13. The number of pyridine rings is 3. The normalized spacial score (nSPS) is 10.7. The molecule has 0 N–H and O–H groups in total. The number of benzene rings is 3. The SMILES string of the molecule is O=C(c1cc(-c2ccccc2)cc(-c2cccnc2)c1)c1cc(-c2cccnc2)cc(-c2cccnc2)c1. The highest BCUT2D eigenvalue weighted by Gasteiger charge is 2.16. The molecule has 6 rings (SSSR count). The van der Waals surface area contributed by atoms with Crippen molar-refractivity contribution < 1.29 is 4.79 Å². The van der Waals surface area contributed by atoms with Crippen LogP contribution in [0.4, 0.5) is 0 Å². The second-order valence-electron chi connectivity index (χ2n) is 9.02. The van der Waals surface area contributed by atoms with Crippen molar-refractivity contribution >= 4 is 5.78 Å². The predicted molar refractivity (Wildman–Crippen MR) is 151 cm³/mol. The molecule has 0 fully saturated rings. The minimum atomic E-state index is -0.0520. The first-order chi connectivity index (χ1) is 18.7. The summed E-state index contributed by atoms with van der Waals surface area (Å²) in [4.78, 5) is 27.0. The van der Waals surface area contributed by atoms with Gasteiger partial charge < -0.3 is 0 Å². The Labute approximate surface area is 221 Å². The number of hydrogen-bond acceptors (Lipinski definition) is 4. The van der Waals surface area contributed by atoms with E-state index in [4.69, 9.17) is 0 Å². The van der Waals surface area contributed by atoms with Crippen molar-refractivity contribution in [2.45, 2.75) is 0 Å². The van der Waals surface area contributed by atoms with Gasteiger partial charge in [0.2, 0.25) is 0 Å². The van der Waals surface area contributed by atoms with Gasteiger partial charge in [0.1, 0.15) is 0 Å². The molecule has 0 aliphatic rings. The van der Waals surface area contributed by atoms with Gasteiger partial charge in [0.05, 0.1) is 0 Å². The van der Waals surface area contributed by atoms with Crippen LogP contribution in [-0.2, 0) is 0 Å². The lowest BCUT2D eigenvalue weighted by molar-refractivity contribution is 0.103. The zero-order chi connectivity index (χ0) is 25.7. The summed E-state index contributed by atoms with van der Waals surface area (Å²) in [5.41, 5.74) is 8.89. The van der Waals surface area contributed by atoms with E-state index in [2.05, 4.69) is 39.2 Å². The van der Waals surface area contributed by atoms with Crippen LogP contribution in [-0.4, -0.2) is 20.7 Å². The molecule has 0 saturated heterocycles. The van der Waals surface area contributed by atoms with Gasteiger partial charge in [0, 0.05) is 65.0 Å². The van der Waals surface area contributed by atoms with Gasteiger partial charge in [-0.2, -0.15) is 0 Å². The van der Waals surface area contributed by atoms with Crippen LogP contribution in [0.2, 0.25) is 0 Å². The first-order valence-electron chi connectivity index (χ1n) is 12.4. The molecule has 0 amide bonds. The van der Waals surface area contributed by atoms with Crippen molar-refractivity contribution in [3.63, 3.8) is 0 Å². The van der Waals surface area contributed by atoms with Crippen molar-refractivity contribution in [1.29, 1.82) is 0 Å².